The Morgan fingerprint density at radius 1 is 1.35 bits per heavy atom. The molecule has 0 amide bonds. The van der Waals surface area contributed by atoms with Crippen molar-refractivity contribution in [3.8, 4) is 0 Å². The normalized spacial score (nSPS) is 23.4. The van der Waals surface area contributed by atoms with Gasteiger partial charge in [0.25, 0.3) is 0 Å². The maximum absolute atomic E-state index is 13.8. The van der Waals surface area contributed by atoms with Crippen molar-refractivity contribution in [2.75, 3.05) is 6.26 Å². The third-order valence-electron chi connectivity index (χ3n) is 4.04. The molecule has 1 fully saturated rings. The molecule has 1 N–H and O–H groups in total. The zero-order chi connectivity index (χ0) is 14.3. The highest BCUT2D eigenvalue weighted by atomic mass is 32.2. The minimum absolute atomic E-state index is 0.226. The number of aromatic nitrogens is 2. The number of benzene rings is 1. The van der Waals surface area contributed by atoms with Crippen molar-refractivity contribution in [3.05, 3.63) is 28.5 Å². The molecule has 0 aliphatic heterocycles. The van der Waals surface area contributed by atoms with Crippen LogP contribution in [0.2, 0.25) is 0 Å². The van der Waals surface area contributed by atoms with E-state index in [1.54, 1.807) is 0 Å². The SMILES string of the molecule is CSC1CCCC(n2c(=S)[nH]c3c(F)cc(F)cc32)C1. The van der Waals surface area contributed by atoms with E-state index in [9.17, 15) is 8.78 Å². The van der Waals surface area contributed by atoms with E-state index in [4.69, 9.17) is 12.2 Å². The first-order valence-corrected chi connectivity index (χ1v) is 8.42. The third kappa shape index (κ3) is 2.39. The van der Waals surface area contributed by atoms with Crippen LogP contribution >= 0.6 is 24.0 Å². The first-order valence-electron chi connectivity index (χ1n) is 6.72. The highest BCUT2D eigenvalue weighted by Gasteiger charge is 2.25. The fourth-order valence-electron chi connectivity index (χ4n) is 3.08. The Balaban J connectivity index is 2.11. The second kappa shape index (κ2) is 5.48. The van der Waals surface area contributed by atoms with Gasteiger partial charge >= 0.3 is 0 Å². The molecule has 1 heterocycles. The number of thioether (sulfide) groups is 1. The molecule has 20 heavy (non-hydrogen) atoms. The molecule has 1 aliphatic carbocycles. The monoisotopic (exact) mass is 314 g/mol. The summed E-state index contributed by atoms with van der Waals surface area (Å²) in [5.41, 5.74) is 0.849. The second-order valence-corrected chi connectivity index (χ2v) is 6.78. The van der Waals surface area contributed by atoms with E-state index < -0.39 is 11.6 Å². The number of hydrogen-bond acceptors (Lipinski definition) is 2. The number of aromatic amines is 1. The molecule has 1 aromatic carbocycles. The molecular formula is C14H16F2N2S2. The molecule has 2 nitrogen and oxygen atoms in total. The molecule has 2 aromatic rings. The van der Waals surface area contributed by atoms with Crippen molar-refractivity contribution < 1.29 is 8.78 Å². The van der Waals surface area contributed by atoms with Crippen molar-refractivity contribution >= 4 is 35.0 Å². The van der Waals surface area contributed by atoms with Crippen LogP contribution in [0.25, 0.3) is 11.0 Å². The third-order valence-corrected chi connectivity index (χ3v) is 5.43. The number of nitrogens with zero attached hydrogens (tertiary/aromatic N) is 1. The number of hydrogen-bond donors (Lipinski definition) is 1. The average molecular weight is 314 g/mol. The van der Waals surface area contributed by atoms with Gasteiger partial charge in [-0.2, -0.15) is 11.8 Å². The summed E-state index contributed by atoms with van der Waals surface area (Å²) in [6.45, 7) is 0. The van der Waals surface area contributed by atoms with Crippen molar-refractivity contribution in [2.24, 2.45) is 0 Å². The Morgan fingerprint density at radius 3 is 2.90 bits per heavy atom. The predicted molar refractivity (Wildman–Crippen MR) is 81.8 cm³/mol. The quantitative estimate of drug-likeness (QED) is 0.802. The number of halogens is 2. The van der Waals surface area contributed by atoms with Gasteiger partial charge in [0, 0.05) is 17.4 Å². The van der Waals surface area contributed by atoms with Crippen molar-refractivity contribution in [3.63, 3.8) is 0 Å². The lowest BCUT2D eigenvalue weighted by atomic mass is 9.94. The van der Waals surface area contributed by atoms with E-state index >= 15 is 0 Å². The standard InChI is InChI=1S/C14H16F2N2S2/c1-20-10-4-2-3-9(7-10)18-12-6-8(15)5-11(16)13(12)17-14(18)19/h5-6,9-10H,2-4,7H2,1H3,(H,17,19). The van der Waals surface area contributed by atoms with Crippen molar-refractivity contribution in [1.82, 2.24) is 9.55 Å². The van der Waals surface area contributed by atoms with Gasteiger partial charge in [-0.1, -0.05) is 6.42 Å². The molecule has 0 saturated heterocycles. The number of rotatable bonds is 2. The summed E-state index contributed by atoms with van der Waals surface area (Å²) in [4.78, 5) is 2.88. The van der Waals surface area contributed by atoms with Gasteiger partial charge in [0.05, 0.1) is 5.52 Å². The van der Waals surface area contributed by atoms with Crippen molar-refractivity contribution in [1.29, 1.82) is 0 Å². The van der Waals surface area contributed by atoms with E-state index in [0.717, 1.165) is 25.3 Å². The van der Waals surface area contributed by atoms with Gasteiger partial charge in [-0.3, -0.25) is 0 Å². The van der Waals surface area contributed by atoms with E-state index in [2.05, 4.69) is 11.2 Å². The lowest BCUT2D eigenvalue weighted by Crippen LogP contribution is -2.20. The summed E-state index contributed by atoms with van der Waals surface area (Å²) < 4.78 is 29.7. The van der Waals surface area contributed by atoms with Gasteiger partial charge in [-0.25, -0.2) is 8.78 Å². The van der Waals surface area contributed by atoms with Gasteiger partial charge in [-0.15, -0.1) is 0 Å². The van der Waals surface area contributed by atoms with E-state index in [1.807, 2.05) is 16.3 Å². The first kappa shape index (κ1) is 14.1. The molecule has 1 aromatic heterocycles. The largest absolute Gasteiger partial charge is 0.328 e. The molecule has 1 aliphatic rings. The molecule has 6 heteroatoms. The fraction of sp³-hybridized carbons (Fsp3) is 0.500. The molecular weight excluding hydrogens is 298 g/mol. The maximum atomic E-state index is 13.8. The highest BCUT2D eigenvalue weighted by Crippen LogP contribution is 2.36. The van der Waals surface area contributed by atoms with Crippen molar-refractivity contribution in [2.45, 2.75) is 37.0 Å². The van der Waals surface area contributed by atoms with Crippen LogP contribution in [0.4, 0.5) is 8.78 Å². The Labute approximate surface area is 125 Å². The van der Waals surface area contributed by atoms with Crippen LogP contribution in [-0.4, -0.2) is 21.1 Å². The molecule has 0 radical (unpaired) electrons. The zero-order valence-corrected chi connectivity index (χ0v) is 12.8. The molecule has 2 unspecified atom stereocenters. The van der Waals surface area contributed by atoms with Crippen LogP contribution < -0.4 is 0 Å². The Kier molecular flexibility index (Phi) is 3.86. The lowest BCUT2D eigenvalue weighted by Gasteiger charge is -2.29. The number of nitrogens with one attached hydrogen (secondary N) is 1. The summed E-state index contributed by atoms with van der Waals surface area (Å²) in [5, 5.41) is 0.596. The van der Waals surface area contributed by atoms with E-state index in [-0.39, 0.29) is 6.04 Å². The van der Waals surface area contributed by atoms with E-state index in [1.165, 1.54) is 12.5 Å². The molecule has 3 rings (SSSR count). The average Bonchev–Trinajstić information content (AvgIpc) is 2.75. The fourth-order valence-corrected chi connectivity index (χ4v) is 4.25. The maximum Gasteiger partial charge on any atom is 0.178 e. The van der Waals surface area contributed by atoms with Crippen LogP contribution in [0, 0.1) is 16.4 Å². The minimum atomic E-state index is -0.581. The van der Waals surface area contributed by atoms with Crippen LogP contribution in [0.1, 0.15) is 31.7 Å². The Morgan fingerprint density at radius 2 is 2.15 bits per heavy atom. The highest BCUT2D eigenvalue weighted by molar-refractivity contribution is 7.99. The topological polar surface area (TPSA) is 20.7 Å². The molecule has 0 spiro atoms. The van der Waals surface area contributed by atoms with Gasteiger partial charge in [0.15, 0.2) is 10.6 Å². The van der Waals surface area contributed by atoms with Crippen LogP contribution in [0.3, 0.4) is 0 Å². The molecule has 1 saturated carbocycles. The summed E-state index contributed by atoms with van der Waals surface area (Å²) in [7, 11) is 0. The summed E-state index contributed by atoms with van der Waals surface area (Å²) in [6.07, 6.45) is 6.45. The van der Waals surface area contributed by atoms with Gasteiger partial charge < -0.3 is 9.55 Å². The minimum Gasteiger partial charge on any atom is -0.328 e. The number of fused-ring (bicyclic) bond motifs is 1. The van der Waals surface area contributed by atoms with Crippen LogP contribution in [0.15, 0.2) is 12.1 Å². The molecule has 2 atom stereocenters. The first-order chi connectivity index (χ1) is 9.60. The Hall–Kier alpha value is -0.880. The Bertz CT molecular complexity index is 692. The predicted octanol–water partition coefficient (Wildman–Crippen LogP) is 4.82. The molecule has 0 bridgehead atoms. The summed E-state index contributed by atoms with van der Waals surface area (Å²) >= 11 is 7.18. The smallest absolute Gasteiger partial charge is 0.178 e. The second-order valence-electron chi connectivity index (χ2n) is 5.26. The van der Waals surface area contributed by atoms with Crippen LogP contribution in [0.5, 0.6) is 0 Å². The van der Waals surface area contributed by atoms with Crippen LogP contribution in [-0.2, 0) is 0 Å². The zero-order valence-electron chi connectivity index (χ0n) is 11.2. The summed E-state index contributed by atoms with van der Waals surface area (Å²) in [5.74, 6) is -1.14. The summed E-state index contributed by atoms with van der Waals surface area (Å²) in [6, 6.07) is 2.49. The molecule has 108 valence electrons. The number of H-pyrrole nitrogens is 1. The lowest BCUT2D eigenvalue weighted by molar-refractivity contribution is 0.365. The number of imidazole rings is 1. The van der Waals surface area contributed by atoms with Gasteiger partial charge in [0.1, 0.15) is 11.3 Å². The van der Waals surface area contributed by atoms with Gasteiger partial charge in [-0.05, 0) is 43.8 Å². The van der Waals surface area contributed by atoms with Gasteiger partial charge in [0.2, 0.25) is 0 Å². The van der Waals surface area contributed by atoms with E-state index in [0.29, 0.717) is 21.1 Å².